The highest BCUT2D eigenvalue weighted by molar-refractivity contribution is 7.99. The molecule has 1 aromatic heterocycles. The summed E-state index contributed by atoms with van der Waals surface area (Å²) >= 11 is 1.26. The second kappa shape index (κ2) is 6.90. The molecule has 0 spiro atoms. The SMILES string of the molecule is C=CCSc1nc(N)c(NC(=O)c2ccc(F)cc2)c(=O)[nH]1. The number of thioether (sulfide) groups is 1. The van der Waals surface area contributed by atoms with E-state index in [1.54, 1.807) is 6.08 Å². The molecule has 0 atom stereocenters. The van der Waals surface area contributed by atoms with Crippen molar-refractivity contribution in [1.82, 2.24) is 9.97 Å². The predicted molar refractivity (Wildman–Crippen MR) is 84.5 cm³/mol. The highest BCUT2D eigenvalue weighted by atomic mass is 32.2. The molecule has 0 radical (unpaired) electrons. The molecule has 0 fully saturated rings. The largest absolute Gasteiger partial charge is 0.382 e. The van der Waals surface area contributed by atoms with Crippen LogP contribution in [-0.4, -0.2) is 21.6 Å². The quantitative estimate of drug-likeness (QED) is 0.444. The molecular weight excluding hydrogens is 307 g/mol. The number of anilines is 2. The lowest BCUT2D eigenvalue weighted by Crippen LogP contribution is -2.23. The zero-order chi connectivity index (χ0) is 16.1. The monoisotopic (exact) mass is 320 g/mol. The van der Waals surface area contributed by atoms with Crippen LogP contribution < -0.4 is 16.6 Å². The Balaban J connectivity index is 2.22. The van der Waals surface area contributed by atoms with E-state index >= 15 is 0 Å². The van der Waals surface area contributed by atoms with Gasteiger partial charge in [0.15, 0.2) is 11.0 Å². The summed E-state index contributed by atoms with van der Waals surface area (Å²) < 4.78 is 12.8. The fraction of sp³-hybridized carbons (Fsp3) is 0.0714. The number of aromatic nitrogens is 2. The Labute approximate surface area is 129 Å². The minimum Gasteiger partial charge on any atom is -0.382 e. The fourth-order valence-corrected chi connectivity index (χ4v) is 2.19. The topological polar surface area (TPSA) is 101 Å². The summed E-state index contributed by atoms with van der Waals surface area (Å²) in [5.74, 6) is -0.570. The molecule has 0 saturated carbocycles. The smallest absolute Gasteiger partial charge is 0.277 e. The van der Waals surface area contributed by atoms with Gasteiger partial charge in [-0.15, -0.1) is 6.58 Å². The molecule has 0 unspecified atom stereocenters. The number of nitrogens with zero attached hydrogens (tertiary/aromatic N) is 1. The summed E-state index contributed by atoms with van der Waals surface area (Å²) in [5, 5.41) is 2.71. The van der Waals surface area contributed by atoms with Gasteiger partial charge < -0.3 is 11.1 Å². The van der Waals surface area contributed by atoms with Crippen LogP contribution in [0.15, 0.2) is 46.9 Å². The first-order valence-corrected chi connectivity index (χ1v) is 7.20. The minimum atomic E-state index is -0.578. The number of amides is 1. The lowest BCUT2D eigenvalue weighted by atomic mass is 10.2. The van der Waals surface area contributed by atoms with Crippen molar-refractivity contribution in [2.45, 2.75) is 5.16 Å². The van der Waals surface area contributed by atoms with Crippen molar-refractivity contribution in [3.63, 3.8) is 0 Å². The summed E-state index contributed by atoms with van der Waals surface area (Å²) in [4.78, 5) is 30.5. The van der Waals surface area contributed by atoms with Crippen molar-refractivity contribution in [2.75, 3.05) is 16.8 Å². The van der Waals surface area contributed by atoms with Crippen LogP contribution in [0.1, 0.15) is 10.4 Å². The number of carbonyl (C=O) groups excluding carboxylic acids is 1. The summed E-state index contributed by atoms with van der Waals surface area (Å²) in [6.45, 7) is 3.56. The number of nitrogen functional groups attached to an aromatic ring is 1. The summed E-state index contributed by atoms with van der Waals surface area (Å²) in [7, 11) is 0. The van der Waals surface area contributed by atoms with E-state index < -0.39 is 17.3 Å². The first-order chi connectivity index (χ1) is 10.5. The van der Waals surface area contributed by atoms with Gasteiger partial charge in [-0.3, -0.25) is 14.6 Å². The fourth-order valence-electron chi connectivity index (χ4n) is 1.58. The molecule has 6 nitrogen and oxygen atoms in total. The van der Waals surface area contributed by atoms with Crippen molar-refractivity contribution < 1.29 is 9.18 Å². The summed E-state index contributed by atoms with van der Waals surface area (Å²) in [6, 6.07) is 4.90. The van der Waals surface area contributed by atoms with E-state index in [0.717, 1.165) is 12.1 Å². The van der Waals surface area contributed by atoms with Crippen molar-refractivity contribution in [2.24, 2.45) is 0 Å². The standard InChI is InChI=1S/C14H13FN4O2S/c1-2-7-22-14-18-11(16)10(13(21)19-14)17-12(20)8-3-5-9(15)6-4-8/h2-6H,1,7H2,(H,17,20)(H3,16,18,19,21). The van der Waals surface area contributed by atoms with Crippen LogP contribution in [0, 0.1) is 5.82 Å². The van der Waals surface area contributed by atoms with E-state index in [0.29, 0.717) is 10.9 Å². The van der Waals surface area contributed by atoms with Gasteiger partial charge in [0.1, 0.15) is 11.5 Å². The zero-order valence-electron chi connectivity index (χ0n) is 11.4. The molecule has 0 aliphatic rings. The molecule has 2 rings (SSSR count). The number of aromatic amines is 1. The molecule has 0 aliphatic heterocycles. The van der Waals surface area contributed by atoms with Gasteiger partial charge >= 0.3 is 0 Å². The van der Waals surface area contributed by atoms with Gasteiger partial charge in [-0.1, -0.05) is 17.8 Å². The second-order valence-electron chi connectivity index (χ2n) is 4.19. The van der Waals surface area contributed by atoms with Crippen LogP contribution in [0.4, 0.5) is 15.9 Å². The molecule has 0 aliphatic carbocycles. The van der Waals surface area contributed by atoms with Gasteiger partial charge in [0.2, 0.25) is 0 Å². The third kappa shape index (κ3) is 3.73. The molecule has 1 heterocycles. The molecule has 22 heavy (non-hydrogen) atoms. The van der Waals surface area contributed by atoms with Crippen molar-refractivity contribution >= 4 is 29.2 Å². The molecule has 0 bridgehead atoms. The average molecular weight is 320 g/mol. The van der Waals surface area contributed by atoms with E-state index in [2.05, 4.69) is 21.9 Å². The number of rotatable bonds is 5. The van der Waals surface area contributed by atoms with Crippen LogP contribution in [-0.2, 0) is 0 Å². The normalized spacial score (nSPS) is 10.2. The molecule has 8 heteroatoms. The third-order valence-corrected chi connectivity index (χ3v) is 3.48. The first-order valence-electron chi connectivity index (χ1n) is 6.21. The van der Waals surface area contributed by atoms with Gasteiger partial charge in [0.25, 0.3) is 11.5 Å². The van der Waals surface area contributed by atoms with E-state index in [9.17, 15) is 14.0 Å². The highest BCUT2D eigenvalue weighted by Gasteiger charge is 2.13. The zero-order valence-corrected chi connectivity index (χ0v) is 12.2. The number of nitrogens with one attached hydrogen (secondary N) is 2. The average Bonchev–Trinajstić information content (AvgIpc) is 2.49. The van der Waals surface area contributed by atoms with Crippen molar-refractivity contribution in [1.29, 1.82) is 0 Å². The maximum Gasteiger partial charge on any atom is 0.277 e. The Morgan fingerprint density at radius 1 is 1.45 bits per heavy atom. The molecule has 4 N–H and O–H groups in total. The Kier molecular flexibility index (Phi) is 4.95. The number of benzene rings is 1. The van der Waals surface area contributed by atoms with Gasteiger partial charge in [-0.25, -0.2) is 9.37 Å². The Hall–Kier alpha value is -2.61. The van der Waals surface area contributed by atoms with Gasteiger partial charge in [-0.2, -0.15) is 0 Å². The predicted octanol–water partition coefficient (Wildman–Crippen LogP) is 2.02. The lowest BCUT2D eigenvalue weighted by molar-refractivity contribution is 0.102. The molecule has 1 aromatic carbocycles. The first kappa shape index (κ1) is 15.8. The third-order valence-electron chi connectivity index (χ3n) is 2.61. The Morgan fingerprint density at radius 3 is 2.73 bits per heavy atom. The number of halogens is 1. The van der Waals surface area contributed by atoms with Gasteiger partial charge in [0.05, 0.1) is 0 Å². The van der Waals surface area contributed by atoms with E-state index in [4.69, 9.17) is 5.73 Å². The summed E-state index contributed by atoms with van der Waals surface area (Å²) in [5.41, 5.74) is 5.20. The number of H-pyrrole nitrogens is 1. The Morgan fingerprint density at radius 2 is 2.14 bits per heavy atom. The molecular formula is C14H13FN4O2S. The van der Waals surface area contributed by atoms with Crippen LogP contribution >= 0.6 is 11.8 Å². The van der Waals surface area contributed by atoms with Gasteiger partial charge in [0, 0.05) is 11.3 Å². The van der Waals surface area contributed by atoms with Crippen molar-refractivity contribution in [3.8, 4) is 0 Å². The maximum absolute atomic E-state index is 12.8. The lowest BCUT2D eigenvalue weighted by Gasteiger charge is -2.08. The molecule has 114 valence electrons. The maximum atomic E-state index is 12.8. The Bertz CT molecular complexity index is 758. The van der Waals surface area contributed by atoms with Gasteiger partial charge in [-0.05, 0) is 24.3 Å². The van der Waals surface area contributed by atoms with Crippen molar-refractivity contribution in [3.05, 3.63) is 58.7 Å². The molecule has 2 aromatic rings. The summed E-state index contributed by atoms with van der Waals surface area (Å²) in [6.07, 6.45) is 1.66. The van der Waals surface area contributed by atoms with E-state index in [1.165, 1.54) is 23.9 Å². The van der Waals surface area contributed by atoms with E-state index in [1.807, 2.05) is 0 Å². The molecule has 1 amide bonds. The van der Waals surface area contributed by atoms with Crippen LogP contribution in [0.5, 0.6) is 0 Å². The highest BCUT2D eigenvalue weighted by Crippen LogP contribution is 2.17. The van der Waals surface area contributed by atoms with Crippen LogP contribution in [0.3, 0.4) is 0 Å². The molecule has 0 saturated heterocycles. The van der Waals surface area contributed by atoms with E-state index in [-0.39, 0.29) is 17.1 Å². The van der Waals surface area contributed by atoms with Crippen LogP contribution in [0.2, 0.25) is 0 Å². The number of hydrogen-bond acceptors (Lipinski definition) is 5. The number of hydrogen-bond donors (Lipinski definition) is 3. The minimum absolute atomic E-state index is 0.0919. The number of carbonyl (C=O) groups is 1. The second-order valence-corrected chi connectivity index (χ2v) is 5.20. The van der Waals surface area contributed by atoms with Crippen LogP contribution in [0.25, 0.3) is 0 Å². The number of nitrogens with two attached hydrogens (primary N) is 1.